The van der Waals surface area contributed by atoms with Crippen molar-refractivity contribution in [3.05, 3.63) is 52.1 Å². The van der Waals surface area contributed by atoms with Gasteiger partial charge in [-0.15, -0.1) is 6.42 Å². The van der Waals surface area contributed by atoms with Crippen LogP contribution < -0.4 is 10.1 Å². The molecule has 1 aliphatic heterocycles. The maximum atomic E-state index is 13.9. The molecule has 1 fully saturated rings. The molecule has 0 unspecified atom stereocenters. The first-order valence-electron chi connectivity index (χ1n) is 13.5. The Morgan fingerprint density at radius 3 is 2.56 bits per heavy atom. The first-order chi connectivity index (χ1) is 20.5. The summed E-state index contributed by atoms with van der Waals surface area (Å²) in [4.78, 5) is 58.8. The quantitative estimate of drug-likeness (QED) is 0.181. The maximum absolute atomic E-state index is 13.9. The highest BCUT2D eigenvalue weighted by Crippen LogP contribution is 2.32. The number of aromatic nitrogens is 6. The number of methoxy groups -OCH3 is 1. The zero-order valence-electron chi connectivity index (χ0n) is 24.3. The summed E-state index contributed by atoms with van der Waals surface area (Å²) < 4.78 is 7.06. The van der Waals surface area contributed by atoms with Crippen molar-refractivity contribution in [3.8, 4) is 29.6 Å². The Hall–Kier alpha value is -4.70. The molecule has 13 heteroatoms. The summed E-state index contributed by atoms with van der Waals surface area (Å²) in [5.41, 5.74) is 3.20. The SMILES string of the molecule is C#C[C@@H]1[C@@H](C)C[C@@H](C(=O)Nc2nc(Br)ccc2C)N1C(=O)Cn1nc(C(C)=O)c2cc(-c3cnc(OC)nc3)nc(C)c21. The summed E-state index contributed by atoms with van der Waals surface area (Å²) >= 11 is 3.33. The van der Waals surface area contributed by atoms with Gasteiger partial charge in [-0.2, -0.15) is 5.10 Å². The van der Waals surface area contributed by atoms with Crippen LogP contribution in [0.4, 0.5) is 5.82 Å². The summed E-state index contributed by atoms with van der Waals surface area (Å²) in [7, 11) is 1.47. The van der Waals surface area contributed by atoms with E-state index in [0.717, 1.165) is 5.56 Å². The highest BCUT2D eigenvalue weighted by molar-refractivity contribution is 9.10. The number of carbonyl (C=O) groups excluding carboxylic acids is 3. The van der Waals surface area contributed by atoms with Crippen LogP contribution in [0.25, 0.3) is 22.2 Å². The third-order valence-electron chi connectivity index (χ3n) is 7.46. The normalized spacial score (nSPS) is 18.0. The Labute approximate surface area is 256 Å². The second kappa shape index (κ2) is 11.9. The molecule has 4 aromatic rings. The molecular weight excluding hydrogens is 616 g/mol. The lowest BCUT2D eigenvalue weighted by atomic mass is 10.0. The van der Waals surface area contributed by atoms with Gasteiger partial charge in [-0.3, -0.25) is 24.0 Å². The molecule has 220 valence electrons. The fourth-order valence-corrected chi connectivity index (χ4v) is 5.69. The first kappa shape index (κ1) is 29.8. The van der Waals surface area contributed by atoms with Crippen LogP contribution in [0.1, 0.15) is 42.0 Å². The van der Waals surface area contributed by atoms with Gasteiger partial charge in [0.15, 0.2) is 5.78 Å². The van der Waals surface area contributed by atoms with Gasteiger partial charge >= 0.3 is 6.01 Å². The van der Waals surface area contributed by atoms with E-state index in [9.17, 15) is 14.4 Å². The fourth-order valence-electron chi connectivity index (χ4n) is 5.38. The highest BCUT2D eigenvalue weighted by Gasteiger charge is 2.44. The third kappa shape index (κ3) is 5.70. The third-order valence-corrected chi connectivity index (χ3v) is 7.90. The molecule has 0 saturated carbocycles. The van der Waals surface area contributed by atoms with E-state index in [4.69, 9.17) is 11.2 Å². The maximum Gasteiger partial charge on any atom is 0.316 e. The number of ketones is 1. The number of halogens is 1. The van der Waals surface area contributed by atoms with Crippen LogP contribution in [0.5, 0.6) is 6.01 Å². The summed E-state index contributed by atoms with van der Waals surface area (Å²) in [5, 5.41) is 7.90. The molecule has 2 amide bonds. The highest BCUT2D eigenvalue weighted by atomic mass is 79.9. The number of amides is 2. The number of hydrogen-bond donors (Lipinski definition) is 1. The topological polar surface area (TPSA) is 145 Å². The van der Waals surface area contributed by atoms with Crippen molar-refractivity contribution in [2.75, 3.05) is 12.4 Å². The molecule has 0 radical (unpaired) electrons. The first-order valence-corrected chi connectivity index (χ1v) is 14.3. The fraction of sp³-hybridized carbons (Fsp3) is 0.333. The molecule has 43 heavy (non-hydrogen) atoms. The van der Waals surface area contributed by atoms with E-state index in [1.54, 1.807) is 31.5 Å². The van der Waals surface area contributed by atoms with Gasteiger partial charge in [-0.05, 0) is 59.8 Å². The number of nitrogens with zero attached hydrogens (tertiary/aromatic N) is 7. The Morgan fingerprint density at radius 1 is 1.19 bits per heavy atom. The minimum Gasteiger partial charge on any atom is -0.467 e. The van der Waals surface area contributed by atoms with Gasteiger partial charge in [0.1, 0.15) is 28.7 Å². The second-order valence-corrected chi connectivity index (χ2v) is 11.3. The van der Waals surface area contributed by atoms with E-state index >= 15 is 0 Å². The van der Waals surface area contributed by atoms with Gasteiger partial charge in [0.05, 0.1) is 30.1 Å². The second-order valence-electron chi connectivity index (χ2n) is 10.4. The number of hydrogen-bond acceptors (Lipinski definition) is 9. The lowest BCUT2D eigenvalue weighted by molar-refractivity contribution is -0.138. The molecule has 12 nitrogen and oxygen atoms in total. The number of likely N-dealkylation sites (tertiary alicyclic amines) is 1. The van der Waals surface area contributed by atoms with Gasteiger partial charge in [0, 0.05) is 30.3 Å². The van der Waals surface area contributed by atoms with Crippen molar-refractivity contribution in [3.63, 3.8) is 0 Å². The van der Waals surface area contributed by atoms with Gasteiger partial charge in [0.25, 0.3) is 0 Å². The number of pyridine rings is 2. The number of fused-ring (bicyclic) bond motifs is 1. The van der Waals surface area contributed by atoms with Crippen molar-refractivity contribution in [1.82, 2.24) is 34.6 Å². The lowest BCUT2D eigenvalue weighted by Crippen LogP contribution is -2.48. The molecule has 5 rings (SSSR count). The average molecular weight is 646 g/mol. The van der Waals surface area contributed by atoms with Crippen LogP contribution in [0.2, 0.25) is 0 Å². The number of anilines is 1. The molecular formula is C30H29BrN8O4. The van der Waals surface area contributed by atoms with Crippen molar-refractivity contribution < 1.29 is 19.1 Å². The van der Waals surface area contributed by atoms with E-state index in [1.807, 2.05) is 19.9 Å². The number of nitrogens with one attached hydrogen (secondary N) is 1. The summed E-state index contributed by atoms with van der Waals surface area (Å²) in [6.07, 6.45) is 9.40. The van der Waals surface area contributed by atoms with Crippen LogP contribution in [-0.2, 0) is 16.1 Å². The van der Waals surface area contributed by atoms with Crippen LogP contribution in [0, 0.1) is 32.1 Å². The number of terminal acetylenes is 1. The molecule has 1 N–H and O–H groups in total. The molecule has 4 aromatic heterocycles. The van der Waals surface area contributed by atoms with Crippen LogP contribution in [0.3, 0.4) is 0 Å². The van der Waals surface area contributed by atoms with Gasteiger partial charge in [-0.1, -0.05) is 18.9 Å². The number of aryl methyl sites for hydroxylation is 2. The predicted molar refractivity (Wildman–Crippen MR) is 162 cm³/mol. The summed E-state index contributed by atoms with van der Waals surface area (Å²) in [6.45, 7) is 6.68. The molecule has 0 aliphatic carbocycles. The lowest BCUT2D eigenvalue weighted by Gasteiger charge is -2.28. The van der Waals surface area contributed by atoms with E-state index in [-0.39, 0.29) is 35.9 Å². The van der Waals surface area contributed by atoms with E-state index in [2.05, 4.69) is 52.2 Å². The Balaban J connectivity index is 1.49. The summed E-state index contributed by atoms with van der Waals surface area (Å²) in [6, 6.07) is 4.13. The number of carbonyl (C=O) groups is 3. The van der Waals surface area contributed by atoms with Crippen molar-refractivity contribution in [1.29, 1.82) is 0 Å². The Bertz CT molecular complexity index is 1800. The monoisotopic (exact) mass is 644 g/mol. The minimum absolute atomic E-state index is 0.124. The Kier molecular flexibility index (Phi) is 8.23. The van der Waals surface area contributed by atoms with Gasteiger partial charge in [-0.25, -0.2) is 15.0 Å². The van der Waals surface area contributed by atoms with Gasteiger partial charge in [0.2, 0.25) is 11.8 Å². The molecule has 3 atom stereocenters. The molecule has 5 heterocycles. The summed E-state index contributed by atoms with van der Waals surface area (Å²) in [5.74, 6) is 1.90. The molecule has 1 saturated heterocycles. The molecule has 1 aliphatic rings. The van der Waals surface area contributed by atoms with Crippen molar-refractivity contribution in [2.45, 2.75) is 52.7 Å². The van der Waals surface area contributed by atoms with Crippen LogP contribution in [0.15, 0.2) is 35.2 Å². The van der Waals surface area contributed by atoms with Crippen molar-refractivity contribution in [2.24, 2.45) is 5.92 Å². The predicted octanol–water partition coefficient (Wildman–Crippen LogP) is 3.75. The zero-order chi connectivity index (χ0) is 31.0. The van der Waals surface area contributed by atoms with E-state index in [1.165, 1.54) is 23.6 Å². The number of ether oxygens (including phenoxy) is 1. The average Bonchev–Trinajstić information content (AvgIpc) is 3.52. The molecule has 0 bridgehead atoms. The molecule has 0 aromatic carbocycles. The molecule has 0 spiro atoms. The van der Waals surface area contributed by atoms with Gasteiger partial charge < -0.3 is 15.0 Å². The van der Waals surface area contributed by atoms with E-state index in [0.29, 0.717) is 44.7 Å². The zero-order valence-corrected chi connectivity index (χ0v) is 25.8. The van der Waals surface area contributed by atoms with Crippen molar-refractivity contribution >= 4 is 50.2 Å². The Morgan fingerprint density at radius 2 is 1.91 bits per heavy atom. The van der Waals surface area contributed by atoms with Crippen LogP contribution >= 0.6 is 15.9 Å². The number of Topliss-reactive ketones (excluding diaryl/α,β-unsaturated/α-hetero) is 1. The number of rotatable bonds is 7. The van der Waals surface area contributed by atoms with E-state index < -0.39 is 18.0 Å². The standard InChI is InChI=1S/C30H29BrN8O4/c1-7-22-16(3)10-23(29(42)36-28-15(2)8-9-24(31)35-28)39(22)25(41)14-38-27-17(4)34-21(11-20(27)26(37-38)18(5)40)19-12-32-30(43-6)33-13-19/h1,8-9,11-13,16,22-23H,10,14H2,2-6H3,(H,35,36,42)/t16-,22+,23-/m0/s1. The van der Waals surface area contributed by atoms with Crippen LogP contribution in [-0.4, -0.2) is 71.4 Å². The minimum atomic E-state index is -0.821. The largest absolute Gasteiger partial charge is 0.467 e. The smallest absolute Gasteiger partial charge is 0.316 e.